The van der Waals surface area contributed by atoms with Crippen LogP contribution in [0.1, 0.15) is 44.7 Å². The Labute approximate surface area is 236 Å². The molecule has 41 heavy (non-hydrogen) atoms. The van der Waals surface area contributed by atoms with Crippen molar-refractivity contribution in [3.8, 4) is 11.8 Å². The number of hydrogen-bond donors (Lipinski definition) is 2. The Balaban J connectivity index is 1.27. The molecule has 1 aliphatic rings. The smallest absolute Gasteiger partial charge is 0.252 e. The Morgan fingerprint density at radius 2 is 1.83 bits per heavy atom. The van der Waals surface area contributed by atoms with Crippen LogP contribution < -0.4 is 10.6 Å². The number of rotatable bonds is 9. The quantitative estimate of drug-likeness (QED) is 0.186. The minimum absolute atomic E-state index is 0.119. The summed E-state index contributed by atoms with van der Waals surface area (Å²) in [5.74, 6) is -1.06. The number of nitrogens with zero attached hydrogens (tertiary/aromatic N) is 4. The normalized spacial score (nSPS) is 14.9. The van der Waals surface area contributed by atoms with Crippen molar-refractivity contribution < 1.29 is 18.8 Å². The summed E-state index contributed by atoms with van der Waals surface area (Å²) in [5, 5.41) is 20.5. The lowest BCUT2D eigenvalue weighted by Gasteiger charge is -2.30. The van der Waals surface area contributed by atoms with E-state index in [1.807, 2.05) is 0 Å². The molecule has 5 rings (SSSR count). The van der Waals surface area contributed by atoms with Gasteiger partial charge >= 0.3 is 0 Å². The second-order valence-corrected chi connectivity index (χ2v) is 10.2. The molecular weight excluding hydrogens is 523 g/mol. The number of carbonyl (C=O) groups excluding carboxylic acids is 3. The van der Waals surface area contributed by atoms with Crippen LogP contribution in [0.15, 0.2) is 66.9 Å². The number of hydrogen-bond acceptors (Lipinski definition) is 7. The Morgan fingerprint density at radius 1 is 1.12 bits per heavy atom. The van der Waals surface area contributed by atoms with E-state index in [-0.39, 0.29) is 35.3 Å². The van der Waals surface area contributed by atoms with E-state index < -0.39 is 11.9 Å². The number of carbonyl (C=O) groups is 3. The molecule has 2 N–H and O–H groups in total. The number of Topliss-reactive ketones (excluding diaryl/α,β-unsaturated/α-hetero) is 1. The Kier molecular flexibility index (Phi) is 8.29. The molecule has 1 saturated heterocycles. The molecule has 1 amide bonds. The first-order chi connectivity index (χ1) is 19.9. The molecule has 208 valence electrons. The number of benzene rings is 3. The van der Waals surface area contributed by atoms with Gasteiger partial charge in [0.2, 0.25) is 0 Å². The Hall–Kier alpha value is -4.72. The standard InChI is InChI=1S/C31H29FN6O3/c1-37-12-10-24(11-13-37)36-28(19-39)30(40)22-4-2-20(3-5-22)17-34-31(41)26-14-21(16-33)15-29-27(26)18-35-38(29)25-8-6-23(32)7-9-25/h2-9,14-15,18-19,24,28,36H,10-13,17H2,1H3,(H,34,41). The minimum Gasteiger partial charge on any atom is -0.348 e. The van der Waals surface area contributed by atoms with Gasteiger partial charge in [-0.15, -0.1) is 0 Å². The fraction of sp³-hybridized carbons (Fsp3) is 0.258. The molecule has 0 spiro atoms. The van der Waals surface area contributed by atoms with Crippen LogP contribution in [0.2, 0.25) is 0 Å². The second kappa shape index (κ2) is 12.2. The van der Waals surface area contributed by atoms with Gasteiger partial charge in [-0.2, -0.15) is 10.4 Å². The van der Waals surface area contributed by atoms with E-state index in [9.17, 15) is 24.0 Å². The highest BCUT2D eigenvalue weighted by atomic mass is 19.1. The molecule has 1 aromatic heterocycles. The van der Waals surface area contributed by atoms with Gasteiger partial charge in [0, 0.05) is 23.5 Å². The third-order valence-corrected chi connectivity index (χ3v) is 7.38. The maximum Gasteiger partial charge on any atom is 0.252 e. The van der Waals surface area contributed by atoms with E-state index in [1.165, 1.54) is 24.4 Å². The van der Waals surface area contributed by atoms with Crippen LogP contribution >= 0.6 is 0 Å². The SMILES string of the molecule is CN1CCC(NC(C=O)C(=O)c2ccc(CNC(=O)c3cc(C#N)cc4c3cnn4-c3ccc(F)cc3)cc2)CC1. The van der Waals surface area contributed by atoms with Crippen molar-refractivity contribution in [3.63, 3.8) is 0 Å². The number of amides is 1. The predicted octanol–water partition coefficient (Wildman–Crippen LogP) is 3.40. The van der Waals surface area contributed by atoms with E-state index in [1.54, 1.807) is 47.1 Å². The summed E-state index contributed by atoms with van der Waals surface area (Å²) in [7, 11) is 2.05. The van der Waals surface area contributed by atoms with Gasteiger partial charge in [0.1, 0.15) is 18.1 Å². The number of nitrogens with one attached hydrogen (secondary N) is 2. The highest BCUT2D eigenvalue weighted by Crippen LogP contribution is 2.24. The third-order valence-electron chi connectivity index (χ3n) is 7.38. The predicted molar refractivity (Wildman–Crippen MR) is 151 cm³/mol. The molecule has 4 aromatic rings. The molecule has 1 fully saturated rings. The summed E-state index contributed by atoms with van der Waals surface area (Å²) >= 11 is 0. The summed E-state index contributed by atoms with van der Waals surface area (Å²) < 4.78 is 15.0. The number of ketones is 1. The molecule has 0 radical (unpaired) electrons. The fourth-order valence-corrected chi connectivity index (χ4v) is 5.02. The zero-order valence-electron chi connectivity index (χ0n) is 22.5. The number of piperidine rings is 1. The van der Waals surface area contributed by atoms with Crippen molar-refractivity contribution in [1.29, 1.82) is 5.26 Å². The van der Waals surface area contributed by atoms with E-state index in [0.29, 0.717) is 28.4 Å². The number of nitriles is 1. The number of likely N-dealkylation sites (tertiary alicyclic amines) is 1. The van der Waals surface area contributed by atoms with Gasteiger partial charge in [0.05, 0.1) is 34.6 Å². The van der Waals surface area contributed by atoms with Gasteiger partial charge in [-0.25, -0.2) is 9.07 Å². The first-order valence-electron chi connectivity index (χ1n) is 13.4. The molecule has 0 saturated carbocycles. The van der Waals surface area contributed by atoms with Gasteiger partial charge in [-0.1, -0.05) is 24.3 Å². The van der Waals surface area contributed by atoms with Crippen molar-refractivity contribution in [2.24, 2.45) is 0 Å². The third kappa shape index (κ3) is 6.22. The number of halogens is 1. The van der Waals surface area contributed by atoms with Crippen molar-refractivity contribution in [2.75, 3.05) is 20.1 Å². The van der Waals surface area contributed by atoms with Crippen LogP contribution in [0.4, 0.5) is 4.39 Å². The molecule has 1 aliphatic heterocycles. The molecule has 2 heterocycles. The zero-order chi connectivity index (χ0) is 28.9. The largest absolute Gasteiger partial charge is 0.348 e. The highest BCUT2D eigenvalue weighted by Gasteiger charge is 2.25. The van der Waals surface area contributed by atoms with Crippen LogP contribution in [-0.2, 0) is 11.3 Å². The average molecular weight is 553 g/mol. The van der Waals surface area contributed by atoms with Crippen molar-refractivity contribution in [3.05, 3.63) is 94.9 Å². The lowest BCUT2D eigenvalue weighted by Crippen LogP contribution is -2.48. The van der Waals surface area contributed by atoms with Crippen LogP contribution in [-0.4, -0.2) is 64.9 Å². The first-order valence-corrected chi connectivity index (χ1v) is 13.4. The van der Waals surface area contributed by atoms with Crippen molar-refractivity contribution in [2.45, 2.75) is 31.5 Å². The number of fused-ring (bicyclic) bond motifs is 1. The molecular formula is C31H29FN6O3. The first kappa shape index (κ1) is 27.8. The summed E-state index contributed by atoms with van der Waals surface area (Å²) in [6.45, 7) is 2.02. The van der Waals surface area contributed by atoms with Crippen LogP contribution in [0.25, 0.3) is 16.6 Å². The maximum absolute atomic E-state index is 13.4. The van der Waals surface area contributed by atoms with Crippen LogP contribution in [0, 0.1) is 17.1 Å². The molecule has 1 unspecified atom stereocenters. The highest BCUT2D eigenvalue weighted by molar-refractivity contribution is 6.08. The van der Waals surface area contributed by atoms with E-state index in [0.717, 1.165) is 31.5 Å². The molecule has 9 nitrogen and oxygen atoms in total. The Morgan fingerprint density at radius 3 is 2.49 bits per heavy atom. The molecule has 10 heteroatoms. The summed E-state index contributed by atoms with van der Waals surface area (Å²) in [6, 6.07) is 17.0. The van der Waals surface area contributed by atoms with Gasteiger partial charge in [0.15, 0.2) is 5.78 Å². The lowest BCUT2D eigenvalue weighted by atomic mass is 10.00. The number of aromatic nitrogens is 2. The molecule has 0 aliphatic carbocycles. The second-order valence-electron chi connectivity index (χ2n) is 10.2. The van der Waals surface area contributed by atoms with Crippen molar-refractivity contribution >= 4 is 28.9 Å². The number of aldehydes is 1. The van der Waals surface area contributed by atoms with Gasteiger partial charge in [-0.3, -0.25) is 14.9 Å². The van der Waals surface area contributed by atoms with Gasteiger partial charge < -0.3 is 15.0 Å². The van der Waals surface area contributed by atoms with Gasteiger partial charge in [-0.05, 0) is 74.9 Å². The zero-order valence-corrected chi connectivity index (χ0v) is 22.5. The maximum atomic E-state index is 13.4. The Bertz CT molecular complexity index is 1620. The summed E-state index contributed by atoms with van der Waals surface area (Å²) in [6.07, 6.45) is 3.95. The van der Waals surface area contributed by atoms with Crippen LogP contribution in [0.3, 0.4) is 0 Å². The van der Waals surface area contributed by atoms with E-state index in [4.69, 9.17) is 0 Å². The summed E-state index contributed by atoms with van der Waals surface area (Å²) in [5.41, 5.74) is 2.88. The molecule has 0 bridgehead atoms. The lowest BCUT2D eigenvalue weighted by molar-refractivity contribution is -0.108. The summed E-state index contributed by atoms with van der Waals surface area (Å²) in [4.78, 5) is 40.1. The topological polar surface area (TPSA) is 120 Å². The average Bonchev–Trinajstić information content (AvgIpc) is 3.43. The molecule has 1 atom stereocenters. The van der Waals surface area contributed by atoms with Gasteiger partial charge in [0.25, 0.3) is 5.91 Å². The van der Waals surface area contributed by atoms with E-state index in [2.05, 4.69) is 33.7 Å². The van der Waals surface area contributed by atoms with Crippen LogP contribution in [0.5, 0.6) is 0 Å². The fourth-order valence-electron chi connectivity index (χ4n) is 5.02. The molecule has 3 aromatic carbocycles. The van der Waals surface area contributed by atoms with Crippen molar-refractivity contribution in [1.82, 2.24) is 25.3 Å². The monoisotopic (exact) mass is 552 g/mol. The van der Waals surface area contributed by atoms with E-state index >= 15 is 0 Å². The minimum atomic E-state index is -0.903.